The van der Waals surface area contributed by atoms with E-state index in [2.05, 4.69) is 15.6 Å². The van der Waals surface area contributed by atoms with Crippen LogP contribution in [-0.4, -0.2) is 17.6 Å². The van der Waals surface area contributed by atoms with Crippen molar-refractivity contribution in [2.45, 2.75) is 13.0 Å². The number of rotatable bonds is 5. The number of anilines is 1. The van der Waals surface area contributed by atoms with Gasteiger partial charge in [-0.1, -0.05) is 18.2 Å². The Kier molecular flexibility index (Phi) is 5.08. The Balaban J connectivity index is 1.77. The van der Waals surface area contributed by atoms with Crippen LogP contribution in [0.15, 0.2) is 48.8 Å². The van der Waals surface area contributed by atoms with Gasteiger partial charge in [-0.25, -0.2) is 4.79 Å². The third-order valence-corrected chi connectivity index (χ3v) is 2.84. The number of carbonyl (C=O) groups excluding carboxylic acids is 1. The van der Waals surface area contributed by atoms with E-state index in [1.807, 2.05) is 36.4 Å². The van der Waals surface area contributed by atoms with Gasteiger partial charge in [0, 0.05) is 31.2 Å². The molecule has 2 rings (SSSR count). The van der Waals surface area contributed by atoms with E-state index in [-0.39, 0.29) is 6.03 Å². The molecular weight excluding hydrogens is 252 g/mol. The maximum Gasteiger partial charge on any atom is 0.319 e. The topological polar surface area (TPSA) is 80.0 Å². The van der Waals surface area contributed by atoms with Crippen molar-refractivity contribution in [3.8, 4) is 0 Å². The van der Waals surface area contributed by atoms with Gasteiger partial charge in [0.2, 0.25) is 0 Å². The Labute approximate surface area is 118 Å². The highest BCUT2D eigenvalue weighted by atomic mass is 16.2. The number of amides is 2. The van der Waals surface area contributed by atoms with Gasteiger partial charge >= 0.3 is 6.03 Å². The molecule has 0 saturated heterocycles. The van der Waals surface area contributed by atoms with Gasteiger partial charge in [0.05, 0.1) is 0 Å². The number of nitrogens with zero attached hydrogens (tertiary/aromatic N) is 1. The predicted octanol–water partition coefficient (Wildman–Crippen LogP) is 1.90. The number of urea groups is 1. The van der Waals surface area contributed by atoms with Crippen molar-refractivity contribution in [1.29, 1.82) is 0 Å². The molecule has 0 bridgehead atoms. The largest absolute Gasteiger partial charge is 0.338 e. The van der Waals surface area contributed by atoms with Gasteiger partial charge in [0.15, 0.2) is 0 Å². The van der Waals surface area contributed by atoms with Gasteiger partial charge in [-0.15, -0.1) is 0 Å². The number of hydrogen-bond donors (Lipinski definition) is 3. The van der Waals surface area contributed by atoms with E-state index >= 15 is 0 Å². The number of carbonyl (C=O) groups is 1. The Morgan fingerprint density at radius 1 is 1.20 bits per heavy atom. The average molecular weight is 270 g/mol. The van der Waals surface area contributed by atoms with Crippen molar-refractivity contribution in [2.75, 3.05) is 11.9 Å². The standard InChI is InChI=1S/C15H18N4O/c16-10-13-3-1-5-14(9-13)19-15(20)18-8-6-12-4-2-7-17-11-12/h1-5,7,9,11H,6,8,10,16H2,(H2,18,19,20). The Hall–Kier alpha value is -2.40. The van der Waals surface area contributed by atoms with E-state index in [0.29, 0.717) is 13.1 Å². The van der Waals surface area contributed by atoms with Crippen LogP contribution >= 0.6 is 0 Å². The highest BCUT2D eigenvalue weighted by Crippen LogP contribution is 2.09. The minimum Gasteiger partial charge on any atom is -0.338 e. The summed E-state index contributed by atoms with van der Waals surface area (Å²) < 4.78 is 0. The summed E-state index contributed by atoms with van der Waals surface area (Å²) in [5.74, 6) is 0. The first kappa shape index (κ1) is 14.0. The van der Waals surface area contributed by atoms with Crippen LogP contribution in [0.25, 0.3) is 0 Å². The molecule has 1 aromatic carbocycles. The lowest BCUT2D eigenvalue weighted by atomic mass is 10.2. The number of aromatic nitrogens is 1. The van der Waals surface area contributed by atoms with Crippen molar-refractivity contribution in [2.24, 2.45) is 5.73 Å². The van der Waals surface area contributed by atoms with Crippen LogP contribution in [0.3, 0.4) is 0 Å². The molecule has 0 spiro atoms. The van der Waals surface area contributed by atoms with Gasteiger partial charge in [0.1, 0.15) is 0 Å². The first-order valence-electron chi connectivity index (χ1n) is 6.50. The van der Waals surface area contributed by atoms with E-state index in [0.717, 1.165) is 23.2 Å². The monoisotopic (exact) mass is 270 g/mol. The van der Waals surface area contributed by atoms with Crippen molar-refractivity contribution in [1.82, 2.24) is 10.3 Å². The second-order valence-corrected chi connectivity index (χ2v) is 4.40. The maximum atomic E-state index is 11.7. The van der Waals surface area contributed by atoms with Crippen LogP contribution in [0.1, 0.15) is 11.1 Å². The molecule has 2 amide bonds. The molecule has 5 heteroatoms. The van der Waals surface area contributed by atoms with Crippen LogP contribution in [0.4, 0.5) is 10.5 Å². The van der Waals surface area contributed by atoms with Gasteiger partial charge in [-0.3, -0.25) is 4.98 Å². The zero-order chi connectivity index (χ0) is 14.2. The van der Waals surface area contributed by atoms with Gasteiger partial charge in [-0.05, 0) is 35.7 Å². The number of pyridine rings is 1. The summed E-state index contributed by atoms with van der Waals surface area (Å²) in [6.45, 7) is 1.02. The molecule has 1 heterocycles. The van der Waals surface area contributed by atoms with E-state index in [1.54, 1.807) is 12.4 Å². The van der Waals surface area contributed by atoms with Crippen LogP contribution in [-0.2, 0) is 13.0 Å². The number of nitrogens with two attached hydrogens (primary N) is 1. The molecule has 0 fully saturated rings. The van der Waals surface area contributed by atoms with Crippen LogP contribution in [0.5, 0.6) is 0 Å². The molecule has 0 radical (unpaired) electrons. The molecular formula is C15H18N4O. The van der Waals surface area contributed by atoms with E-state index in [4.69, 9.17) is 5.73 Å². The number of nitrogens with one attached hydrogen (secondary N) is 2. The fourth-order valence-corrected chi connectivity index (χ4v) is 1.82. The SMILES string of the molecule is NCc1cccc(NC(=O)NCCc2cccnc2)c1. The first-order valence-corrected chi connectivity index (χ1v) is 6.50. The van der Waals surface area contributed by atoms with Crippen LogP contribution < -0.4 is 16.4 Å². The first-order chi connectivity index (χ1) is 9.78. The molecule has 2 aromatic rings. The molecule has 0 aliphatic rings. The molecule has 0 atom stereocenters. The highest BCUT2D eigenvalue weighted by Gasteiger charge is 2.01. The average Bonchev–Trinajstić information content (AvgIpc) is 2.48. The van der Waals surface area contributed by atoms with Gasteiger partial charge in [0.25, 0.3) is 0 Å². The summed E-state index contributed by atoms with van der Waals surface area (Å²) in [4.78, 5) is 15.8. The second-order valence-electron chi connectivity index (χ2n) is 4.40. The predicted molar refractivity (Wildman–Crippen MR) is 79.3 cm³/mol. The number of benzene rings is 1. The molecule has 0 unspecified atom stereocenters. The third kappa shape index (κ3) is 4.37. The van der Waals surface area contributed by atoms with Crippen LogP contribution in [0, 0.1) is 0 Å². The summed E-state index contributed by atoms with van der Waals surface area (Å²) in [6.07, 6.45) is 4.28. The van der Waals surface area contributed by atoms with Crippen molar-refractivity contribution in [3.63, 3.8) is 0 Å². The summed E-state index contributed by atoms with van der Waals surface area (Å²) in [5, 5.41) is 5.59. The highest BCUT2D eigenvalue weighted by molar-refractivity contribution is 5.89. The summed E-state index contributed by atoms with van der Waals surface area (Å²) in [7, 11) is 0. The smallest absolute Gasteiger partial charge is 0.319 e. The Bertz CT molecular complexity index is 557. The van der Waals surface area contributed by atoms with E-state index in [9.17, 15) is 4.79 Å². The second kappa shape index (κ2) is 7.25. The lowest BCUT2D eigenvalue weighted by Crippen LogP contribution is -2.30. The minimum absolute atomic E-state index is 0.219. The maximum absolute atomic E-state index is 11.7. The van der Waals surface area contributed by atoms with Crippen molar-refractivity contribution >= 4 is 11.7 Å². The quantitative estimate of drug-likeness (QED) is 0.776. The fourth-order valence-electron chi connectivity index (χ4n) is 1.82. The molecule has 5 nitrogen and oxygen atoms in total. The number of hydrogen-bond acceptors (Lipinski definition) is 3. The van der Waals surface area contributed by atoms with Gasteiger partial charge in [-0.2, -0.15) is 0 Å². The van der Waals surface area contributed by atoms with E-state index in [1.165, 1.54) is 0 Å². The van der Waals surface area contributed by atoms with Crippen LogP contribution in [0.2, 0.25) is 0 Å². The lowest BCUT2D eigenvalue weighted by Gasteiger charge is -2.08. The lowest BCUT2D eigenvalue weighted by molar-refractivity contribution is 0.252. The summed E-state index contributed by atoms with van der Waals surface area (Å²) in [5.41, 5.74) is 8.38. The Morgan fingerprint density at radius 2 is 2.05 bits per heavy atom. The molecule has 1 aromatic heterocycles. The fraction of sp³-hybridized carbons (Fsp3) is 0.200. The summed E-state index contributed by atoms with van der Waals surface area (Å²) in [6, 6.07) is 11.1. The third-order valence-electron chi connectivity index (χ3n) is 2.84. The molecule has 0 aliphatic carbocycles. The molecule has 4 N–H and O–H groups in total. The van der Waals surface area contributed by atoms with E-state index < -0.39 is 0 Å². The van der Waals surface area contributed by atoms with Gasteiger partial charge < -0.3 is 16.4 Å². The zero-order valence-corrected chi connectivity index (χ0v) is 11.2. The molecule has 0 aliphatic heterocycles. The normalized spacial score (nSPS) is 10.1. The molecule has 20 heavy (non-hydrogen) atoms. The summed E-state index contributed by atoms with van der Waals surface area (Å²) >= 11 is 0. The zero-order valence-electron chi connectivity index (χ0n) is 11.2. The Morgan fingerprint density at radius 3 is 2.80 bits per heavy atom. The molecule has 104 valence electrons. The van der Waals surface area contributed by atoms with Crippen molar-refractivity contribution < 1.29 is 4.79 Å². The molecule has 0 saturated carbocycles. The minimum atomic E-state index is -0.219. The van der Waals surface area contributed by atoms with Crippen molar-refractivity contribution in [3.05, 3.63) is 59.9 Å².